The molecule has 1 N–H and O–H groups in total. The molecule has 2 bridgehead atoms. The largest absolute Gasteiger partial charge is 0.296 e. The Bertz CT molecular complexity index is 902. The van der Waals surface area contributed by atoms with Gasteiger partial charge in [0.05, 0.1) is 17.5 Å². The van der Waals surface area contributed by atoms with E-state index in [1.165, 1.54) is 0 Å². The van der Waals surface area contributed by atoms with Crippen LogP contribution in [-0.4, -0.2) is 16.8 Å². The van der Waals surface area contributed by atoms with E-state index >= 15 is 0 Å². The van der Waals surface area contributed by atoms with Gasteiger partial charge in [0.15, 0.2) is 0 Å². The van der Waals surface area contributed by atoms with E-state index < -0.39 is 0 Å². The molecule has 1 aromatic carbocycles. The van der Waals surface area contributed by atoms with Crippen LogP contribution < -0.4 is 5.32 Å². The Morgan fingerprint density at radius 2 is 1.74 bits per heavy atom. The van der Waals surface area contributed by atoms with Crippen molar-refractivity contribution in [3.8, 4) is 0 Å². The number of benzene rings is 1. The summed E-state index contributed by atoms with van der Waals surface area (Å²) in [7, 11) is 0. The fraction of sp³-hybridized carbons (Fsp3) is 0.278. The van der Waals surface area contributed by atoms with Crippen molar-refractivity contribution in [2.24, 2.45) is 23.7 Å². The highest BCUT2D eigenvalue weighted by Gasteiger charge is 2.63. The fourth-order valence-electron chi connectivity index (χ4n) is 4.71. The lowest BCUT2D eigenvalue weighted by atomic mass is 9.85. The number of halogens is 1. The predicted molar refractivity (Wildman–Crippen MR) is 88.6 cm³/mol. The van der Waals surface area contributed by atoms with Gasteiger partial charge in [-0.1, -0.05) is 46.3 Å². The van der Waals surface area contributed by atoms with Crippen LogP contribution in [0.15, 0.2) is 47.1 Å². The maximum Gasteiger partial charge on any atom is 0.231 e. The zero-order valence-electron chi connectivity index (χ0n) is 12.1. The molecule has 1 saturated carbocycles. The number of rotatable bonds is 1. The summed E-state index contributed by atoms with van der Waals surface area (Å²) in [6, 6.07) is 10.1. The van der Waals surface area contributed by atoms with Gasteiger partial charge in [-0.25, -0.2) is 0 Å². The van der Waals surface area contributed by atoms with Crippen LogP contribution in [0, 0.1) is 23.7 Å². The molecule has 3 aliphatic rings. The molecule has 2 fully saturated rings. The standard InChI is InChI=1S/C18H13BrN2O2/c19-11-7-10-12(14(11)15-13(10)17(22)21-18(15)23)16-9-4-2-1-3-8(9)5-6-20-16/h1-7,10,12-15H,(H,21,22,23). The minimum atomic E-state index is -0.266. The lowest BCUT2D eigenvalue weighted by Crippen LogP contribution is -2.28. The van der Waals surface area contributed by atoms with Gasteiger partial charge in [0, 0.05) is 23.4 Å². The molecule has 23 heavy (non-hydrogen) atoms. The van der Waals surface area contributed by atoms with Gasteiger partial charge in [0.25, 0.3) is 0 Å². The molecular weight excluding hydrogens is 356 g/mol. The average molecular weight is 369 g/mol. The Balaban J connectivity index is 1.71. The third-order valence-electron chi connectivity index (χ3n) is 5.53. The lowest BCUT2D eigenvalue weighted by Gasteiger charge is -2.20. The second-order valence-electron chi connectivity index (χ2n) is 6.50. The quantitative estimate of drug-likeness (QED) is 0.787. The van der Waals surface area contributed by atoms with Gasteiger partial charge in [-0.05, 0) is 21.9 Å². The molecule has 4 nitrogen and oxygen atoms in total. The molecule has 5 atom stereocenters. The van der Waals surface area contributed by atoms with E-state index in [9.17, 15) is 9.59 Å². The van der Waals surface area contributed by atoms with Gasteiger partial charge in [-0.15, -0.1) is 0 Å². The summed E-state index contributed by atoms with van der Waals surface area (Å²) in [5, 5.41) is 4.75. The summed E-state index contributed by atoms with van der Waals surface area (Å²) in [5.41, 5.74) is 0.999. The van der Waals surface area contributed by atoms with Crippen LogP contribution in [0.25, 0.3) is 10.8 Å². The molecule has 2 aliphatic carbocycles. The number of carbonyl (C=O) groups is 2. The Kier molecular flexibility index (Phi) is 2.63. The van der Waals surface area contributed by atoms with E-state index in [1.807, 2.05) is 24.4 Å². The van der Waals surface area contributed by atoms with Gasteiger partial charge >= 0.3 is 0 Å². The predicted octanol–water partition coefficient (Wildman–Crippen LogP) is 2.75. The van der Waals surface area contributed by atoms with E-state index in [0.29, 0.717) is 0 Å². The number of allylic oxidation sites excluding steroid dienone is 2. The number of nitrogens with one attached hydrogen (secondary N) is 1. The number of amides is 2. The van der Waals surface area contributed by atoms with Gasteiger partial charge in [-0.3, -0.25) is 19.9 Å². The molecule has 2 amide bonds. The van der Waals surface area contributed by atoms with Crippen LogP contribution in [0.2, 0.25) is 0 Å². The van der Waals surface area contributed by atoms with Crippen molar-refractivity contribution in [1.82, 2.24) is 10.3 Å². The lowest BCUT2D eigenvalue weighted by molar-refractivity contribution is -0.126. The molecule has 0 radical (unpaired) electrons. The zero-order chi connectivity index (χ0) is 15.7. The number of imide groups is 1. The fourth-order valence-corrected chi connectivity index (χ4v) is 5.58. The minimum Gasteiger partial charge on any atom is -0.296 e. The van der Waals surface area contributed by atoms with Crippen LogP contribution in [0.4, 0.5) is 0 Å². The van der Waals surface area contributed by atoms with Crippen LogP contribution in [0.3, 0.4) is 0 Å². The number of nitrogens with zero attached hydrogens (tertiary/aromatic N) is 1. The molecule has 2 aromatic rings. The topological polar surface area (TPSA) is 59.1 Å². The number of aromatic nitrogens is 1. The van der Waals surface area contributed by atoms with Gasteiger partial charge in [0.2, 0.25) is 11.8 Å². The average Bonchev–Trinajstić information content (AvgIpc) is 3.15. The van der Waals surface area contributed by atoms with E-state index in [2.05, 4.69) is 44.4 Å². The minimum absolute atomic E-state index is 0.00903. The zero-order valence-corrected chi connectivity index (χ0v) is 13.7. The molecule has 5 unspecified atom stereocenters. The SMILES string of the molecule is O=C1NC(=O)C2C1C1C=C(Br)C2C1c1nccc2ccccc12. The number of hydrogen-bond acceptors (Lipinski definition) is 3. The van der Waals surface area contributed by atoms with Crippen LogP contribution in [0.1, 0.15) is 11.6 Å². The first kappa shape index (κ1) is 13.4. The van der Waals surface area contributed by atoms with Crippen molar-refractivity contribution in [2.75, 3.05) is 0 Å². The molecule has 1 aromatic heterocycles. The van der Waals surface area contributed by atoms with Crippen molar-refractivity contribution in [1.29, 1.82) is 0 Å². The Morgan fingerprint density at radius 3 is 2.61 bits per heavy atom. The van der Waals surface area contributed by atoms with Crippen LogP contribution in [0.5, 0.6) is 0 Å². The molecule has 5 rings (SSSR count). The first-order chi connectivity index (χ1) is 11.2. The second kappa shape index (κ2) is 4.51. The van der Waals surface area contributed by atoms with Crippen LogP contribution in [-0.2, 0) is 9.59 Å². The summed E-state index contributed by atoms with van der Waals surface area (Å²) in [6.07, 6.45) is 3.93. The maximum absolute atomic E-state index is 12.2. The van der Waals surface area contributed by atoms with E-state index in [0.717, 1.165) is 20.9 Å². The first-order valence-corrected chi connectivity index (χ1v) is 8.51. The van der Waals surface area contributed by atoms with E-state index in [-0.39, 0.29) is 41.4 Å². The number of carbonyl (C=O) groups excluding carboxylic acids is 2. The molecular formula is C18H13BrN2O2. The van der Waals surface area contributed by atoms with Crippen LogP contribution >= 0.6 is 15.9 Å². The van der Waals surface area contributed by atoms with Crippen molar-refractivity contribution in [2.45, 2.75) is 5.92 Å². The molecule has 1 saturated heterocycles. The van der Waals surface area contributed by atoms with E-state index in [4.69, 9.17) is 0 Å². The van der Waals surface area contributed by atoms with E-state index in [1.54, 1.807) is 0 Å². The highest BCUT2D eigenvalue weighted by atomic mass is 79.9. The number of pyridine rings is 1. The van der Waals surface area contributed by atoms with Crippen molar-refractivity contribution >= 4 is 38.5 Å². The second-order valence-corrected chi connectivity index (χ2v) is 7.42. The molecule has 1 aliphatic heterocycles. The molecule has 2 heterocycles. The monoisotopic (exact) mass is 368 g/mol. The van der Waals surface area contributed by atoms with Crippen molar-refractivity contribution in [3.05, 3.63) is 52.8 Å². The molecule has 5 heteroatoms. The summed E-state index contributed by atoms with van der Waals surface area (Å²) in [5.74, 6) is -0.659. The Labute approximate surface area is 141 Å². The summed E-state index contributed by atoms with van der Waals surface area (Å²) >= 11 is 3.62. The highest BCUT2D eigenvalue weighted by Crippen LogP contribution is 2.62. The van der Waals surface area contributed by atoms with Crippen molar-refractivity contribution in [3.63, 3.8) is 0 Å². The smallest absolute Gasteiger partial charge is 0.231 e. The normalized spacial score (nSPS) is 34.7. The summed E-state index contributed by atoms with van der Waals surface area (Å²) in [6.45, 7) is 0. The number of fused-ring (bicyclic) bond motifs is 6. The Morgan fingerprint density at radius 1 is 0.957 bits per heavy atom. The van der Waals surface area contributed by atoms with Gasteiger partial charge in [-0.2, -0.15) is 0 Å². The third kappa shape index (κ3) is 1.63. The summed E-state index contributed by atoms with van der Waals surface area (Å²) in [4.78, 5) is 29.1. The number of hydrogen-bond donors (Lipinski definition) is 1. The summed E-state index contributed by atoms with van der Waals surface area (Å²) < 4.78 is 1.04. The van der Waals surface area contributed by atoms with Gasteiger partial charge < -0.3 is 0 Å². The van der Waals surface area contributed by atoms with Gasteiger partial charge in [0.1, 0.15) is 0 Å². The first-order valence-electron chi connectivity index (χ1n) is 7.72. The Hall–Kier alpha value is -2.01. The molecule has 0 spiro atoms. The third-order valence-corrected chi connectivity index (χ3v) is 6.33. The van der Waals surface area contributed by atoms with Crippen molar-refractivity contribution < 1.29 is 9.59 Å². The maximum atomic E-state index is 12.2. The highest BCUT2D eigenvalue weighted by molar-refractivity contribution is 9.11. The molecule has 114 valence electrons.